The molecule has 20 heavy (non-hydrogen) atoms. The second kappa shape index (κ2) is 6.92. The molecule has 0 aromatic carbocycles. The molecule has 0 aromatic heterocycles. The van der Waals surface area contributed by atoms with E-state index in [1.807, 2.05) is 25.9 Å². The van der Waals surface area contributed by atoms with Gasteiger partial charge in [-0.2, -0.15) is 0 Å². The maximum atomic E-state index is 12.5. The fraction of sp³-hybridized carbons (Fsp3) is 0.857. The summed E-state index contributed by atoms with van der Waals surface area (Å²) >= 11 is 0. The lowest BCUT2D eigenvalue weighted by atomic mass is 10.1. The van der Waals surface area contributed by atoms with E-state index in [0.29, 0.717) is 25.0 Å². The van der Waals surface area contributed by atoms with Crippen molar-refractivity contribution in [2.75, 3.05) is 40.3 Å². The van der Waals surface area contributed by atoms with E-state index in [9.17, 15) is 9.59 Å². The molecule has 3 unspecified atom stereocenters. The Morgan fingerprint density at radius 1 is 1.35 bits per heavy atom. The van der Waals surface area contributed by atoms with E-state index in [2.05, 4.69) is 11.8 Å². The zero-order valence-electron chi connectivity index (χ0n) is 13.2. The lowest BCUT2D eigenvalue weighted by molar-refractivity contribution is -0.141. The predicted octanol–water partition coefficient (Wildman–Crippen LogP) is 1.03. The van der Waals surface area contributed by atoms with Crippen LogP contribution in [0, 0.1) is 11.8 Å². The number of hydrogen-bond acceptors (Lipinski definition) is 3. The molecule has 1 aliphatic heterocycles. The maximum Gasteiger partial charge on any atom is 0.320 e. The fourth-order valence-electron chi connectivity index (χ4n) is 2.73. The number of carbonyl (C=O) groups is 2. The van der Waals surface area contributed by atoms with Gasteiger partial charge in [0, 0.05) is 32.2 Å². The van der Waals surface area contributed by atoms with Crippen molar-refractivity contribution in [2.24, 2.45) is 11.8 Å². The van der Waals surface area contributed by atoms with Crippen LogP contribution in [0.1, 0.15) is 20.8 Å². The highest BCUT2D eigenvalue weighted by molar-refractivity contribution is 5.76. The van der Waals surface area contributed by atoms with Crippen LogP contribution in [-0.2, 0) is 4.79 Å². The second-order valence-electron chi connectivity index (χ2n) is 5.97. The van der Waals surface area contributed by atoms with E-state index >= 15 is 0 Å². The number of amides is 2. The van der Waals surface area contributed by atoms with Gasteiger partial charge in [0.2, 0.25) is 0 Å². The van der Waals surface area contributed by atoms with Gasteiger partial charge in [0.05, 0.1) is 5.92 Å². The first-order valence-electron chi connectivity index (χ1n) is 7.21. The molecule has 1 heterocycles. The average molecular weight is 285 g/mol. The SMILES string of the molecule is CCN(CC(C)C(=O)O)C(=O)N1CC(C)C(N(C)C)C1. The Kier molecular flexibility index (Phi) is 5.80. The summed E-state index contributed by atoms with van der Waals surface area (Å²) in [5, 5.41) is 8.97. The molecule has 0 aliphatic carbocycles. The number of aliphatic carboxylic acids is 1. The monoisotopic (exact) mass is 285 g/mol. The third-order valence-corrected chi connectivity index (χ3v) is 4.07. The van der Waals surface area contributed by atoms with Gasteiger partial charge < -0.3 is 19.8 Å². The third kappa shape index (κ3) is 3.85. The molecule has 116 valence electrons. The number of rotatable bonds is 5. The largest absolute Gasteiger partial charge is 0.481 e. The van der Waals surface area contributed by atoms with E-state index in [0.717, 1.165) is 6.54 Å². The minimum atomic E-state index is -0.864. The molecule has 1 saturated heterocycles. The van der Waals surface area contributed by atoms with Crippen molar-refractivity contribution >= 4 is 12.0 Å². The predicted molar refractivity (Wildman–Crippen MR) is 77.7 cm³/mol. The highest BCUT2D eigenvalue weighted by Gasteiger charge is 2.35. The Balaban J connectivity index is 2.66. The number of hydrogen-bond donors (Lipinski definition) is 1. The van der Waals surface area contributed by atoms with Gasteiger partial charge in [-0.1, -0.05) is 13.8 Å². The summed E-state index contributed by atoms with van der Waals surface area (Å²) in [4.78, 5) is 29.0. The van der Waals surface area contributed by atoms with Crippen molar-refractivity contribution in [1.82, 2.24) is 14.7 Å². The quantitative estimate of drug-likeness (QED) is 0.819. The third-order valence-electron chi connectivity index (χ3n) is 4.07. The molecule has 0 bridgehead atoms. The number of carboxylic acids is 1. The topological polar surface area (TPSA) is 64.1 Å². The summed E-state index contributed by atoms with van der Waals surface area (Å²) in [6.07, 6.45) is 0. The molecule has 6 heteroatoms. The summed E-state index contributed by atoms with van der Waals surface area (Å²) in [5.74, 6) is -0.967. The molecule has 0 saturated carbocycles. The molecule has 0 radical (unpaired) electrons. The average Bonchev–Trinajstić information content (AvgIpc) is 2.76. The van der Waals surface area contributed by atoms with Crippen LogP contribution in [0.15, 0.2) is 0 Å². The minimum absolute atomic E-state index is 0.0446. The first-order valence-corrected chi connectivity index (χ1v) is 7.21. The van der Waals surface area contributed by atoms with E-state index in [1.165, 1.54) is 0 Å². The molecule has 2 amide bonds. The molecule has 1 aliphatic rings. The zero-order valence-corrected chi connectivity index (χ0v) is 13.2. The molecule has 0 spiro atoms. The van der Waals surface area contributed by atoms with Crippen molar-refractivity contribution in [3.63, 3.8) is 0 Å². The van der Waals surface area contributed by atoms with Crippen molar-refractivity contribution in [3.8, 4) is 0 Å². The van der Waals surface area contributed by atoms with Gasteiger partial charge in [0.15, 0.2) is 0 Å². The second-order valence-corrected chi connectivity index (χ2v) is 5.97. The molecule has 1 fully saturated rings. The number of carbonyl (C=O) groups excluding carboxylic acids is 1. The first kappa shape index (κ1) is 16.8. The van der Waals surface area contributed by atoms with Gasteiger partial charge in [-0.05, 0) is 26.9 Å². The maximum absolute atomic E-state index is 12.5. The molecular weight excluding hydrogens is 258 g/mol. The lowest BCUT2D eigenvalue weighted by Crippen LogP contribution is -2.45. The van der Waals surface area contributed by atoms with E-state index in [1.54, 1.807) is 11.8 Å². The fourth-order valence-corrected chi connectivity index (χ4v) is 2.73. The highest BCUT2D eigenvalue weighted by Crippen LogP contribution is 2.21. The summed E-state index contributed by atoms with van der Waals surface area (Å²) in [6.45, 7) is 7.91. The number of likely N-dealkylation sites (tertiary alicyclic amines) is 1. The summed E-state index contributed by atoms with van der Waals surface area (Å²) in [5.41, 5.74) is 0. The minimum Gasteiger partial charge on any atom is -0.481 e. The smallest absolute Gasteiger partial charge is 0.320 e. The standard InChI is InChI=1S/C14H27N3O3/c1-6-16(8-11(3)13(18)19)14(20)17-7-10(2)12(9-17)15(4)5/h10-12H,6-9H2,1-5H3,(H,18,19). The van der Waals surface area contributed by atoms with Crippen molar-refractivity contribution < 1.29 is 14.7 Å². The summed E-state index contributed by atoms with van der Waals surface area (Å²) in [7, 11) is 4.05. The number of nitrogens with zero attached hydrogens (tertiary/aromatic N) is 3. The normalized spacial score (nSPS) is 24.0. The zero-order chi connectivity index (χ0) is 15.4. The lowest BCUT2D eigenvalue weighted by Gasteiger charge is -2.28. The van der Waals surface area contributed by atoms with Crippen LogP contribution < -0.4 is 0 Å². The first-order chi connectivity index (χ1) is 9.27. The molecule has 6 nitrogen and oxygen atoms in total. The Labute approximate surface area is 121 Å². The van der Waals surface area contributed by atoms with Gasteiger partial charge in [0.25, 0.3) is 0 Å². The Morgan fingerprint density at radius 2 is 1.95 bits per heavy atom. The number of likely N-dealkylation sites (N-methyl/N-ethyl adjacent to an activating group) is 1. The van der Waals surface area contributed by atoms with Gasteiger partial charge in [0.1, 0.15) is 0 Å². The van der Waals surface area contributed by atoms with Crippen LogP contribution >= 0.6 is 0 Å². The van der Waals surface area contributed by atoms with Crippen molar-refractivity contribution in [2.45, 2.75) is 26.8 Å². The molecule has 1 rings (SSSR count). The molecule has 0 aromatic rings. The molecular formula is C14H27N3O3. The van der Waals surface area contributed by atoms with Gasteiger partial charge in [-0.15, -0.1) is 0 Å². The van der Waals surface area contributed by atoms with Crippen molar-refractivity contribution in [3.05, 3.63) is 0 Å². The van der Waals surface area contributed by atoms with E-state index < -0.39 is 11.9 Å². The number of carboxylic acid groups (broad SMARTS) is 1. The van der Waals surface area contributed by atoms with Crippen LogP contribution in [0.2, 0.25) is 0 Å². The Bertz CT molecular complexity index is 360. The molecule has 3 atom stereocenters. The van der Waals surface area contributed by atoms with Crippen LogP contribution in [0.25, 0.3) is 0 Å². The van der Waals surface area contributed by atoms with Crippen LogP contribution in [0.3, 0.4) is 0 Å². The van der Waals surface area contributed by atoms with E-state index in [4.69, 9.17) is 5.11 Å². The summed E-state index contributed by atoms with van der Waals surface area (Å²) in [6, 6.07) is 0.325. The number of urea groups is 1. The molecule has 1 N–H and O–H groups in total. The van der Waals surface area contributed by atoms with Gasteiger partial charge in [-0.3, -0.25) is 4.79 Å². The highest BCUT2D eigenvalue weighted by atomic mass is 16.4. The van der Waals surface area contributed by atoms with Crippen LogP contribution in [0.4, 0.5) is 4.79 Å². The van der Waals surface area contributed by atoms with Crippen LogP contribution in [0.5, 0.6) is 0 Å². The Morgan fingerprint density at radius 3 is 2.35 bits per heavy atom. The summed E-state index contributed by atoms with van der Waals surface area (Å²) < 4.78 is 0. The Hall–Kier alpha value is -1.30. The van der Waals surface area contributed by atoms with E-state index in [-0.39, 0.29) is 12.6 Å². The van der Waals surface area contributed by atoms with Crippen LogP contribution in [-0.4, -0.2) is 78.1 Å². The van der Waals surface area contributed by atoms with Gasteiger partial charge in [-0.25, -0.2) is 4.79 Å². The van der Waals surface area contributed by atoms with Crippen molar-refractivity contribution in [1.29, 1.82) is 0 Å². The van der Waals surface area contributed by atoms with Gasteiger partial charge >= 0.3 is 12.0 Å².